The van der Waals surface area contributed by atoms with Crippen molar-refractivity contribution in [3.05, 3.63) is 17.0 Å². The first-order valence-electron chi connectivity index (χ1n) is 4.69. The van der Waals surface area contributed by atoms with Crippen LogP contribution in [0.25, 0.3) is 0 Å². The number of amides is 1. The lowest BCUT2D eigenvalue weighted by molar-refractivity contribution is -0.123. The fourth-order valence-electron chi connectivity index (χ4n) is 1.28. The molecule has 4 nitrogen and oxygen atoms in total. The standard InChI is InChI=1S/C10H16N2O2/c1-6(10(13)11-4)5-9-7(2)8(3)14-12-9/h6H,5H2,1-4H3,(H,11,13). The minimum atomic E-state index is -0.0665. The number of carbonyl (C=O) groups is 1. The molecule has 1 amide bonds. The van der Waals surface area contributed by atoms with Gasteiger partial charge in [0.1, 0.15) is 5.76 Å². The van der Waals surface area contributed by atoms with E-state index in [1.807, 2.05) is 20.8 Å². The summed E-state index contributed by atoms with van der Waals surface area (Å²) >= 11 is 0. The Balaban J connectivity index is 2.69. The van der Waals surface area contributed by atoms with Crippen LogP contribution >= 0.6 is 0 Å². The predicted octanol–water partition coefficient (Wildman–Crippen LogP) is 1.22. The Kier molecular flexibility index (Phi) is 3.28. The van der Waals surface area contributed by atoms with Crippen LogP contribution in [-0.4, -0.2) is 18.1 Å². The van der Waals surface area contributed by atoms with Crippen molar-refractivity contribution < 1.29 is 9.32 Å². The molecule has 78 valence electrons. The van der Waals surface area contributed by atoms with Gasteiger partial charge in [-0.1, -0.05) is 12.1 Å². The Morgan fingerprint density at radius 3 is 2.64 bits per heavy atom. The third-order valence-electron chi connectivity index (χ3n) is 2.45. The molecular formula is C10H16N2O2. The molecule has 0 bridgehead atoms. The molecule has 1 aromatic rings. The lowest BCUT2D eigenvalue weighted by Gasteiger charge is -2.07. The third kappa shape index (κ3) is 2.13. The van der Waals surface area contributed by atoms with Gasteiger partial charge in [0, 0.05) is 24.9 Å². The summed E-state index contributed by atoms with van der Waals surface area (Å²) in [5, 5.41) is 6.53. The molecule has 0 saturated carbocycles. The number of nitrogens with zero attached hydrogens (tertiary/aromatic N) is 1. The molecule has 1 rings (SSSR count). The number of rotatable bonds is 3. The summed E-state index contributed by atoms with van der Waals surface area (Å²) in [5.41, 5.74) is 1.92. The fourth-order valence-corrected chi connectivity index (χ4v) is 1.28. The molecule has 1 heterocycles. The van der Waals surface area contributed by atoms with Gasteiger partial charge in [-0.15, -0.1) is 0 Å². The van der Waals surface area contributed by atoms with E-state index in [0.29, 0.717) is 6.42 Å². The molecule has 14 heavy (non-hydrogen) atoms. The third-order valence-corrected chi connectivity index (χ3v) is 2.45. The molecule has 0 aliphatic heterocycles. The highest BCUT2D eigenvalue weighted by atomic mass is 16.5. The molecule has 0 aliphatic carbocycles. The summed E-state index contributed by atoms with van der Waals surface area (Å²) in [6.07, 6.45) is 0.628. The van der Waals surface area contributed by atoms with E-state index in [1.54, 1.807) is 7.05 Å². The molecule has 0 saturated heterocycles. The van der Waals surface area contributed by atoms with Crippen molar-refractivity contribution in [1.29, 1.82) is 0 Å². The quantitative estimate of drug-likeness (QED) is 0.790. The van der Waals surface area contributed by atoms with Crippen molar-refractivity contribution in [2.24, 2.45) is 5.92 Å². The zero-order valence-electron chi connectivity index (χ0n) is 9.05. The molecule has 0 fully saturated rings. The summed E-state index contributed by atoms with van der Waals surface area (Å²) in [5.74, 6) is 0.789. The average molecular weight is 196 g/mol. The van der Waals surface area contributed by atoms with Crippen LogP contribution in [0.1, 0.15) is 23.9 Å². The van der Waals surface area contributed by atoms with Crippen LogP contribution in [0.3, 0.4) is 0 Å². The van der Waals surface area contributed by atoms with Gasteiger partial charge in [0.05, 0.1) is 5.69 Å². The molecule has 1 atom stereocenters. The number of nitrogens with one attached hydrogen (secondary N) is 1. The van der Waals surface area contributed by atoms with Crippen molar-refractivity contribution in [2.45, 2.75) is 27.2 Å². The number of hydrogen-bond acceptors (Lipinski definition) is 3. The first kappa shape index (κ1) is 10.8. The highest BCUT2D eigenvalue weighted by Gasteiger charge is 2.16. The molecular weight excluding hydrogens is 180 g/mol. The van der Waals surface area contributed by atoms with Crippen molar-refractivity contribution in [3.8, 4) is 0 Å². The maximum Gasteiger partial charge on any atom is 0.222 e. The molecule has 0 aliphatic rings. The second kappa shape index (κ2) is 4.26. The zero-order valence-corrected chi connectivity index (χ0v) is 9.05. The lowest BCUT2D eigenvalue weighted by atomic mass is 10.0. The minimum absolute atomic E-state index is 0.0325. The Hall–Kier alpha value is -1.32. The summed E-state index contributed by atoms with van der Waals surface area (Å²) in [7, 11) is 1.64. The molecule has 1 unspecified atom stereocenters. The number of carbonyl (C=O) groups excluding carboxylic acids is 1. The van der Waals surface area contributed by atoms with Gasteiger partial charge in [-0.3, -0.25) is 4.79 Å². The minimum Gasteiger partial charge on any atom is -0.361 e. The van der Waals surface area contributed by atoms with E-state index in [4.69, 9.17) is 4.52 Å². The topological polar surface area (TPSA) is 55.1 Å². The maximum absolute atomic E-state index is 11.3. The maximum atomic E-state index is 11.3. The Morgan fingerprint density at radius 1 is 1.57 bits per heavy atom. The Morgan fingerprint density at radius 2 is 2.21 bits per heavy atom. The number of hydrogen-bond donors (Lipinski definition) is 1. The predicted molar refractivity (Wildman–Crippen MR) is 52.9 cm³/mol. The molecule has 0 spiro atoms. The van der Waals surface area contributed by atoms with Gasteiger partial charge in [-0.05, 0) is 13.8 Å². The van der Waals surface area contributed by atoms with Crippen molar-refractivity contribution in [1.82, 2.24) is 10.5 Å². The van der Waals surface area contributed by atoms with Gasteiger partial charge in [-0.2, -0.15) is 0 Å². The van der Waals surface area contributed by atoms with Gasteiger partial charge in [0.15, 0.2) is 0 Å². The zero-order chi connectivity index (χ0) is 10.7. The van der Waals surface area contributed by atoms with Gasteiger partial charge in [-0.25, -0.2) is 0 Å². The highest BCUT2D eigenvalue weighted by molar-refractivity contribution is 5.78. The van der Waals surface area contributed by atoms with E-state index in [1.165, 1.54) is 0 Å². The number of aromatic nitrogens is 1. The SMILES string of the molecule is CNC(=O)C(C)Cc1noc(C)c1C. The Labute approximate surface area is 83.7 Å². The number of aryl methyl sites for hydroxylation is 1. The molecule has 1 N–H and O–H groups in total. The van der Waals surface area contributed by atoms with E-state index in [2.05, 4.69) is 10.5 Å². The van der Waals surface area contributed by atoms with E-state index in [9.17, 15) is 4.79 Å². The summed E-state index contributed by atoms with van der Waals surface area (Å²) in [4.78, 5) is 11.3. The van der Waals surface area contributed by atoms with Crippen LogP contribution in [-0.2, 0) is 11.2 Å². The summed E-state index contributed by atoms with van der Waals surface area (Å²) in [6.45, 7) is 5.70. The smallest absolute Gasteiger partial charge is 0.222 e. The summed E-state index contributed by atoms with van der Waals surface area (Å²) < 4.78 is 5.03. The molecule has 0 radical (unpaired) electrons. The van der Waals surface area contributed by atoms with Crippen molar-refractivity contribution >= 4 is 5.91 Å². The van der Waals surface area contributed by atoms with Gasteiger partial charge in [0.25, 0.3) is 0 Å². The van der Waals surface area contributed by atoms with E-state index in [0.717, 1.165) is 17.0 Å². The molecule has 0 aromatic carbocycles. The lowest BCUT2D eigenvalue weighted by Crippen LogP contribution is -2.26. The van der Waals surface area contributed by atoms with E-state index in [-0.39, 0.29) is 11.8 Å². The van der Waals surface area contributed by atoms with E-state index >= 15 is 0 Å². The van der Waals surface area contributed by atoms with E-state index < -0.39 is 0 Å². The normalized spacial score (nSPS) is 12.6. The first-order valence-corrected chi connectivity index (χ1v) is 4.69. The average Bonchev–Trinajstić information content (AvgIpc) is 2.48. The van der Waals surface area contributed by atoms with Crippen LogP contribution < -0.4 is 5.32 Å². The van der Waals surface area contributed by atoms with Crippen LogP contribution in [0, 0.1) is 19.8 Å². The van der Waals surface area contributed by atoms with Gasteiger partial charge in [0.2, 0.25) is 5.91 Å². The second-order valence-electron chi connectivity index (χ2n) is 3.53. The van der Waals surface area contributed by atoms with Crippen molar-refractivity contribution in [3.63, 3.8) is 0 Å². The monoisotopic (exact) mass is 196 g/mol. The van der Waals surface area contributed by atoms with Crippen LogP contribution in [0.5, 0.6) is 0 Å². The fraction of sp³-hybridized carbons (Fsp3) is 0.600. The van der Waals surface area contributed by atoms with Crippen LogP contribution in [0.15, 0.2) is 4.52 Å². The van der Waals surface area contributed by atoms with Gasteiger partial charge >= 0.3 is 0 Å². The highest BCUT2D eigenvalue weighted by Crippen LogP contribution is 2.15. The van der Waals surface area contributed by atoms with Crippen LogP contribution in [0.4, 0.5) is 0 Å². The van der Waals surface area contributed by atoms with Crippen molar-refractivity contribution in [2.75, 3.05) is 7.05 Å². The first-order chi connectivity index (χ1) is 6.56. The van der Waals surface area contributed by atoms with Gasteiger partial charge < -0.3 is 9.84 Å². The summed E-state index contributed by atoms with van der Waals surface area (Å²) in [6, 6.07) is 0. The molecule has 4 heteroatoms. The Bertz CT molecular complexity index is 331. The molecule has 1 aromatic heterocycles. The largest absolute Gasteiger partial charge is 0.361 e. The van der Waals surface area contributed by atoms with Crippen LogP contribution in [0.2, 0.25) is 0 Å². The second-order valence-corrected chi connectivity index (χ2v) is 3.53.